The molecule has 0 atom stereocenters. The van der Waals surface area contributed by atoms with Gasteiger partial charge in [-0.2, -0.15) is 0 Å². The largest absolute Gasteiger partial charge is 0.485 e. The van der Waals surface area contributed by atoms with Crippen LogP contribution in [0.2, 0.25) is 0 Å². The molecule has 0 radical (unpaired) electrons. The average Bonchev–Trinajstić information content (AvgIpc) is 2.48. The predicted octanol–water partition coefficient (Wildman–Crippen LogP) is 3.32. The highest BCUT2D eigenvalue weighted by Crippen LogP contribution is 2.23. The Kier molecular flexibility index (Phi) is 5.95. The number of hydrogen-bond donors (Lipinski definition) is 1. The zero-order valence-electron chi connectivity index (χ0n) is 11.5. The highest BCUT2D eigenvalue weighted by molar-refractivity contribution is 9.10. The molecule has 2 aromatic rings. The molecule has 0 saturated carbocycles. The molecule has 4 nitrogen and oxygen atoms in total. The molecule has 20 heavy (non-hydrogen) atoms. The maximum Gasteiger partial charge on any atom is 0.166 e. The summed E-state index contributed by atoms with van der Waals surface area (Å²) >= 11 is 3.49. The van der Waals surface area contributed by atoms with Gasteiger partial charge in [-0.1, -0.05) is 22.9 Å². The van der Waals surface area contributed by atoms with Crippen molar-refractivity contribution < 1.29 is 4.74 Å². The maximum atomic E-state index is 5.82. The molecule has 1 heterocycles. The third-order valence-corrected chi connectivity index (χ3v) is 3.23. The molecule has 5 heteroatoms. The number of benzene rings is 1. The Morgan fingerprint density at radius 3 is 2.80 bits per heavy atom. The fraction of sp³-hybridized carbons (Fsp3) is 0.333. The summed E-state index contributed by atoms with van der Waals surface area (Å²) in [4.78, 5) is 8.31. The summed E-state index contributed by atoms with van der Waals surface area (Å²) in [7, 11) is 0. The first-order valence-corrected chi connectivity index (χ1v) is 7.46. The van der Waals surface area contributed by atoms with E-state index in [4.69, 9.17) is 4.74 Å². The van der Waals surface area contributed by atoms with Crippen molar-refractivity contribution in [1.29, 1.82) is 0 Å². The van der Waals surface area contributed by atoms with Crippen LogP contribution in [0.3, 0.4) is 0 Å². The molecule has 0 aliphatic rings. The summed E-state index contributed by atoms with van der Waals surface area (Å²) in [6.07, 6.45) is 4.55. The van der Waals surface area contributed by atoms with Gasteiger partial charge >= 0.3 is 0 Å². The lowest BCUT2D eigenvalue weighted by atomic mass is 10.2. The van der Waals surface area contributed by atoms with Gasteiger partial charge < -0.3 is 10.1 Å². The van der Waals surface area contributed by atoms with Gasteiger partial charge in [-0.05, 0) is 37.2 Å². The minimum absolute atomic E-state index is 0.378. The van der Waals surface area contributed by atoms with E-state index in [1.54, 1.807) is 18.5 Å². The SMILES string of the molecule is CCCNCc1cc(Br)ccc1OCc1ncccn1. The van der Waals surface area contributed by atoms with Gasteiger partial charge in [0.25, 0.3) is 0 Å². The molecule has 1 aromatic heterocycles. The summed E-state index contributed by atoms with van der Waals surface area (Å²) in [6, 6.07) is 7.81. The van der Waals surface area contributed by atoms with Crippen LogP contribution in [0.25, 0.3) is 0 Å². The van der Waals surface area contributed by atoms with Gasteiger partial charge in [0.2, 0.25) is 0 Å². The van der Waals surface area contributed by atoms with Gasteiger partial charge in [0.1, 0.15) is 12.4 Å². The molecule has 1 aromatic carbocycles. The molecular weight excluding hydrogens is 318 g/mol. The monoisotopic (exact) mass is 335 g/mol. The van der Waals surface area contributed by atoms with Crippen molar-refractivity contribution in [2.45, 2.75) is 26.5 Å². The number of nitrogens with one attached hydrogen (secondary N) is 1. The van der Waals surface area contributed by atoms with Crippen molar-refractivity contribution >= 4 is 15.9 Å². The second-order valence-corrected chi connectivity index (χ2v) is 5.30. The van der Waals surface area contributed by atoms with Gasteiger partial charge in [0.05, 0.1) is 0 Å². The third-order valence-electron chi connectivity index (χ3n) is 2.74. The molecule has 0 amide bonds. The molecule has 2 rings (SSSR count). The van der Waals surface area contributed by atoms with Crippen LogP contribution in [-0.4, -0.2) is 16.5 Å². The number of rotatable bonds is 7. The molecule has 1 N–H and O–H groups in total. The zero-order valence-corrected chi connectivity index (χ0v) is 13.1. The van der Waals surface area contributed by atoms with Crippen molar-refractivity contribution in [2.24, 2.45) is 0 Å². The lowest BCUT2D eigenvalue weighted by Gasteiger charge is -2.12. The van der Waals surface area contributed by atoms with E-state index in [9.17, 15) is 0 Å². The number of halogens is 1. The Morgan fingerprint density at radius 1 is 1.25 bits per heavy atom. The van der Waals surface area contributed by atoms with Crippen LogP contribution < -0.4 is 10.1 Å². The van der Waals surface area contributed by atoms with Crippen molar-refractivity contribution in [1.82, 2.24) is 15.3 Å². The van der Waals surface area contributed by atoms with Crippen molar-refractivity contribution in [2.75, 3.05) is 6.54 Å². The summed E-state index contributed by atoms with van der Waals surface area (Å²) in [5.74, 6) is 1.55. The first-order chi connectivity index (χ1) is 9.79. The summed E-state index contributed by atoms with van der Waals surface area (Å²) < 4.78 is 6.87. The quantitative estimate of drug-likeness (QED) is 0.788. The summed E-state index contributed by atoms with van der Waals surface area (Å²) in [5.41, 5.74) is 1.13. The van der Waals surface area contributed by atoms with Crippen LogP contribution in [0.15, 0.2) is 41.1 Å². The van der Waals surface area contributed by atoms with E-state index in [0.29, 0.717) is 12.4 Å². The van der Waals surface area contributed by atoms with Gasteiger partial charge in [-0.3, -0.25) is 0 Å². The van der Waals surface area contributed by atoms with Gasteiger partial charge in [0.15, 0.2) is 5.82 Å². The predicted molar refractivity (Wildman–Crippen MR) is 82.5 cm³/mol. The minimum atomic E-state index is 0.378. The molecule has 0 aliphatic carbocycles. The Labute approximate surface area is 127 Å². The number of nitrogens with zero attached hydrogens (tertiary/aromatic N) is 2. The second kappa shape index (κ2) is 7.97. The molecule has 0 aliphatic heterocycles. The topological polar surface area (TPSA) is 47.0 Å². The lowest BCUT2D eigenvalue weighted by Crippen LogP contribution is -2.15. The van der Waals surface area contributed by atoms with E-state index < -0.39 is 0 Å². The van der Waals surface area contributed by atoms with Crippen LogP contribution in [0.5, 0.6) is 5.75 Å². The third kappa shape index (κ3) is 4.58. The Morgan fingerprint density at radius 2 is 2.05 bits per heavy atom. The van der Waals surface area contributed by atoms with E-state index in [2.05, 4.69) is 44.2 Å². The van der Waals surface area contributed by atoms with Crippen molar-refractivity contribution in [3.63, 3.8) is 0 Å². The van der Waals surface area contributed by atoms with Crippen LogP contribution in [0.4, 0.5) is 0 Å². The zero-order chi connectivity index (χ0) is 14.2. The molecular formula is C15H18BrN3O. The Bertz CT molecular complexity index is 534. The van der Waals surface area contributed by atoms with Crippen LogP contribution in [0, 0.1) is 0 Å². The summed E-state index contributed by atoms with van der Waals surface area (Å²) in [6.45, 7) is 4.31. The van der Waals surface area contributed by atoms with E-state index in [1.165, 1.54) is 0 Å². The Hall–Kier alpha value is -1.46. The molecule has 0 saturated heterocycles. The normalized spacial score (nSPS) is 10.5. The molecule has 0 spiro atoms. The fourth-order valence-corrected chi connectivity index (χ4v) is 2.18. The van der Waals surface area contributed by atoms with E-state index >= 15 is 0 Å². The molecule has 0 bridgehead atoms. The first kappa shape index (κ1) is 14.9. The molecule has 0 unspecified atom stereocenters. The van der Waals surface area contributed by atoms with Gasteiger partial charge in [0, 0.05) is 29.0 Å². The van der Waals surface area contributed by atoms with Crippen LogP contribution >= 0.6 is 15.9 Å². The first-order valence-electron chi connectivity index (χ1n) is 6.67. The maximum absolute atomic E-state index is 5.82. The van der Waals surface area contributed by atoms with E-state index in [0.717, 1.165) is 35.3 Å². The number of aromatic nitrogens is 2. The summed E-state index contributed by atoms with van der Waals surface area (Å²) in [5, 5.41) is 3.39. The average molecular weight is 336 g/mol. The number of ether oxygens (including phenoxy) is 1. The molecule has 106 valence electrons. The van der Waals surface area contributed by atoms with Gasteiger partial charge in [-0.25, -0.2) is 9.97 Å². The van der Waals surface area contributed by atoms with Gasteiger partial charge in [-0.15, -0.1) is 0 Å². The standard InChI is InChI=1S/C15H18BrN3O/c1-2-6-17-10-12-9-13(16)4-5-14(12)20-11-15-18-7-3-8-19-15/h3-5,7-9,17H,2,6,10-11H2,1H3. The van der Waals surface area contributed by atoms with Crippen LogP contribution in [0.1, 0.15) is 24.7 Å². The van der Waals surface area contributed by atoms with E-state index in [-0.39, 0.29) is 0 Å². The van der Waals surface area contributed by atoms with Crippen molar-refractivity contribution in [3.05, 3.63) is 52.5 Å². The van der Waals surface area contributed by atoms with Crippen LogP contribution in [-0.2, 0) is 13.2 Å². The minimum Gasteiger partial charge on any atom is -0.485 e. The van der Waals surface area contributed by atoms with Crippen molar-refractivity contribution in [3.8, 4) is 5.75 Å². The fourth-order valence-electron chi connectivity index (χ4n) is 1.77. The Balaban J connectivity index is 2.02. The van der Waals surface area contributed by atoms with E-state index in [1.807, 2.05) is 12.1 Å². The smallest absolute Gasteiger partial charge is 0.166 e. The lowest BCUT2D eigenvalue weighted by molar-refractivity contribution is 0.292. The number of hydrogen-bond acceptors (Lipinski definition) is 4. The second-order valence-electron chi connectivity index (χ2n) is 4.38. The molecule has 0 fully saturated rings. The highest BCUT2D eigenvalue weighted by atomic mass is 79.9. The highest BCUT2D eigenvalue weighted by Gasteiger charge is 2.05.